The number of hydrogen-bond donors (Lipinski definition) is 0. The third-order valence-electron chi connectivity index (χ3n) is 2.39. The van der Waals surface area contributed by atoms with Crippen molar-refractivity contribution in [1.29, 1.82) is 0 Å². The molecule has 0 N–H and O–H groups in total. The minimum atomic E-state index is -6.85. The Labute approximate surface area is 88.5 Å². The second kappa shape index (κ2) is 3.21. The van der Waals surface area contributed by atoms with Gasteiger partial charge in [0.1, 0.15) is 0 Å². The molecule has 102 valence electrons. The second-order valence-corrected chi connectivity index (χ2v) is 3.74. The number of ether oxygens (including phenoxy) is 1. The quantitative estimate of drug-likeness (QED) is 0.569. The molecule has 10 heteroatoms. The van der Waals surface area contributed by atoms with E-state index in [1.807, 2.05) is 0 Å². The maximum Gasteiger partial charge on any atom is 0.460 e. The minimum Gasteiger partial charge on any atom is -0.363 e. The van der Waals surface area contributed by atoms with Crippen molar-refractivity contribution in [2.45, 2.75) is 36.5 Å². The van der Waals surface area contributed by atoms with Gasteiger partial charge in [0.25, 0.3) is 0 Å². The van der Waals surface area contributed by atoms with Gasteiger partial charge in [0.05, 0.1) is 6.61 Å². The zero-order valence-corrected chi connectivity index (χ0v) is 8.02. The third-order valence-corrected chi connectivity index (χ3v) is 2.39. The number of rotatable bonds is 3. The summed E-state index contributed by atoms with van der Waals surface area (Å²) in [4.78, 5) is 0. The molecule has 0 radical (unpaired) electrons. The number of hydrogen-bond acceptors (Lipinski definition) is 1. The Morgan fingerprint density at radius 2 is 1.18 bits per heavy atom. The molecule has 0 spiro atoms. The van der Waals surface area contributed by atoms with E-state index in [1.54, 1.807) is 0 Å². The van der Waals surface area contributed by atoms with E-state index >= 15 is 0 Å². The van der Waals surface area contributed by atoms with Crippen molar-refractivity contribution >= 4 is 0 Å². The summed E-state index contributed by atoms with van der Waals surface area (Å²) in [6, 6.07) is 0. The molecule has 1 atom stereocenters. The van der Waals surface area contributed by atoms with Crippen molar-refractivity contribution in [1.82, 2.24) is 0 Å². The van der Waals surface area contributed by atoms with Gasteiger partial charge in [0.2, 0.25) is 0 Å². The molecule has 1 heterocycles. The van der Waals surface area contributed by atoms with Gasteiger partial charge in [-0.3, -0.25) is 0 Å². The molecule has 0 aromatic heterocycles. The molecule has 1 unspecified atom stereocenters. The van der Waals surface area contributed by atoms with Crippen molar-refractivity contribution in [3.8, 4) is 0 Å². The van der Waals surface area contributed by atoms with Crippen LogP contribution in [0.15, 0.2) is 0 Å². The summed E-state index contributed by atoms with van der Waals surface area (Å²) >= 11 is 0. The van der Waals surface area contributed by atoms with E-state index in [0.717, 1.165) is 0 Å². The highest BCUT2D eigenvalue weighted by Gasteiger charge is 2.87. The molecule has 0 aromatic carbocycles. The van der Waals surface area contributed by atoms with Crippen molar-refractivity contribution in [2.24, 2.45) is 0 Å². The summed E-state index contributed by atoms with van der Waals surface area (Å²) in [6.45, 7) is -0.698. The van der Waals surface area contributed by atoms with Crippen LogP contribution in [0.25, 0.3) is 0 Å². The SMILES string of the molecule is CC1(C(F)(F)C(F)(F)C(F)(F)C(F)(F)F)CO1. The fourth-order valence-corrected chi connectivity index (χ4v) is 0.997. The molecule has 0 bridgehead atoms. The average molecular weight is 276 g/mol. The van der Waals surface area contributed by atoms with Gasteiger partial charge in [-0.05, 0) is 6.92 Å². The molecule has 1 fully saturated rings. The Balaban J connectivity index is 3.19. The molecule has 1 rings (SSSR count). The maximum atomic E-state index is 12.9. The van der Waals surface area contributed by atoms with E-state index in [4.69, 9.17) is 0 Å². The molecule has 0 amide bonds. The summed E-state index contributed by atoms with van der Waals surface area (Å²) < 4.78 is 115. The van der Waals surface area contributed by atoms with Crippen LogP contribution in [-0.4, -0.2) is 36.2 Å². The highest BCUT2D eigenvalue weighted by atomic mass is 19.4. The van der Waals surface area contributed by atoms with E-state index in [1.165, 1.54) is 0 Å². The van der Waals surface area contributed by atoms with Gasteiger partial charge in [0, 0.05) is 0 Å². The lowest BCUT2D eigenvalue weighted by molar-refractivity contribution is -0.403. The monoisotopic (exact) mass is 276 g/mol. The van der Waals surface area contributed by atoms with Crippen molar-refractivity contribution in [3.63, 3.8) is 0 Å². The first-order chi connectivity index (χ1) is 7.21. The van der Waals surface area contributed by atoms with Gasteiger partial charge in [0.15, 0.2) is 5.60 Å². The normalized spacial score (nSPS) is 27.2. The molecule has 1 nitrogen and oxygen atoms in total. The summed E-state index contributed by atoms with van der Waals surface area (Å²) in [5.74, 6) is -19.1. The first-order valence-electron chi connectivity index (χ1n) is 4.05. The second-order valence-electron chi connectivity index (χ2n) is 3.74. The predicted octanol–water partition coefficient (Wildman–Crippen LogP) is 3.24. The summed E-state index contributed by atoms with van der Waals surface area (Å²) in [6.07, 6.45) is -6.79. The van der Waals surface area contributed by atoms with Gasteiger partial charge in [-0.1, -0.05) is 0 Å². The minimum absolute atomic E-state index is 0.327. The third kappa shape index (κ3) is 1.67. The maximum absolute atomic E-state index is 12.9. The fraction of sp³-hybridized carbons (Fsp3) is 1.00. The summed E-state index contributed by atoms with van der Waals surface area (Å²) in [5, 5.41) is 0. The van der Waals surface area contributed by atoms with E-state index in [2.05, 4.69) is 4.74 Å². The fourth-order valence-electron chi connectivity index (χ4n) is 0.997. The van der Waals surface area contributed by atoms with Crippen molar-refractivity contribution in [3.05, 3.63) is 0 Å². The lowest BCUT2D eigenvalue weighted by atomic mass is 9.93. The smallest absolute Gasteiger partial charge is 0.363 e. The topological polar surface area (TPSA) is 12.5 Å². The van der Waals surface area contributed by atoms with Crippen LogP contribution in [0, 0.1) is 0 Å². The summed E-state index contributed by atoms with van der Waals surface area (Å²) in [5.41, 5.74) is -3.01. The number of alkyl halides is 9. The Hall–Kier alpha value is -0.670. The van der Waals surface area contributed by atoms with Crippen LogP contribution in [-0.2, 0) is 4.74 Å². The van der Waals surface area contributed by atoms with Crippen molar-refractivity contribution in [2.75, 3.05) is 6.61 Å². The largest absolute Gasteiger partial charge is 0.460 e. The van der Waals surface area contributed by atoms with Gasteiger partial charge < -0.3 is 4.74 Å². The van der Waals surface area contributed by atoms with Gasteiger partial charge in [-0.15, -0.1) is 0 Å². The van der Waals surface area contributed by atoms with Crippen molar-refractivity contribution < 1.29 is 44.3 Å². The van der Waals surface area contributed by atoms with E-state index in [0.29, 0.717) is 6.92 Å². The molecule has 0 aliphatic carbocycles. The lowest BCUT2D eigenvalue weighted by Crippen LogP contribution is -2.65. The van der Waals surface area contributed by atoms with Crippen LogP contribution in [0.3, 0.4) is 0 Å². The van der Waals surface area contributed by atoms with Gasteiger partial charge in [-0.2, -0.15) is 39.5 Å². The lowest BCUT2D eigenvalue weighted by Gasteiger charge is -2.35. The Bertz CT molecular complexity index is 295. The van der Waals surface area contributed by atoms with Crippen LogP contribution < -0.4 is 0 Å². The molecular formula is C7H5F9O. The van der Waals surface area contributed by atoms with Crippen LogP contribution in [0.2, 0.25) is 0 Å². The number of halogens is 9. The first-order valence-corrected chi connectivity index (χ1v) is 4.05. The van der Waals surface area contributed by atoms with Gasteiger partial charge >= 0.3 is 23.9 Å². The Morgan fingerprint density at radius 1 is 0.824 bits per heavy atom. The first kappa shape index (κ1) is 14.4. The van der Waals surface area contributed by atoms with E-state index in [-0.39, 0.29) is 0 Å². The highest BCUT2D eigenvalue weighted by molar-refractivity contribution is 5.12. The van der Waals surface area contributed by atoms with E-state index in [9.17, 15) is 39.5 Å². The van der Waals surface area contributed by atoms with Crippen LogP contribution >= 0.6 is 0 Å². The van der Waals surface area contributed by atoms with E-state index < -0.39 is 36.2 Å². The molecule has 1 saturated heterocycles. The molecular weight excluding hydrogens is 271 g/mol. The highest BCUT2D eigenvalue weighted by Crippen LogP contribution is 2.59. The zero-order valence-electron chi connectivity index (χ0n) is 8.02. The molecule has 1 aliphatic heterocycles. The number of epoxide rings is 1. The Morgan fingerprint density at radius 3 is 1.41 bits per heavy atom. The molecule has 17 heavy (non-hydrogen) atoms. The average Bonchev–Trinajstić information content (AvgIpc) is 2.82. The molecule has 0 aromatic rings. The zero-order chi connectivity index (χ0) is 13.9. The van der Waals surface area contributed by atoms with Crippen LogP contribution in [0.5, 0.6) is 0 Å². The predicted molar refractivity (Wildman–Crippen MR) is 35.3 cm³/mol. The molecule has 1 aliphatic rings. The summed E-state index contributed by atoms with van der Waals surface area (Å²) in [7, 11) is 0. The van der Waals surface area contributed by atoms with Crippen LogP contribution in [0.4, 0.5) is 39.5 Å². The Kier molecular flexibility index (Phi) is 2.71. The van der Waals surface area contributed by atoms with Gasteiger partial charge in [-0.25, -0.2) is 0 Å². The molecule has 0 saturated carbocycles. The standard InChI is InChI=1S/C7H5F9O/c1-3(2-17-3)4(8,9)5(10,11)6(12,13)7(14,15)16/h2H2,1H3. The van der Waals surface area contributed by atoms with Crippen LogP contribution in [0.1, 0.15) is 6.92 Å².